The van der Waals surface area contributed by atoms with Gasteiger partial charge in [-0.25, -0.2) is 0 Å². The first-order valence-electron chi connectivity index (χ1n) is 8.26. The minimum atomic E-state index is -4.73. The zero-order valence-electron chi connectivity index (χ0n) is 15.0. The molecule has 0 spiro atoms. The van der Waals surface area contributed by atoms with E-state index in [1.807, 2.05) is 0 Å². The molecule has 1 aliphatic rings. The van der Waals surface area contributed by atoms with Crippen molar-refractivity contribution in [3.05, 3.63) is 75.4 Å². The number of alkyl halides is 3. The average Bonchev–Trinajstić information content (AvgIpc) is 2.98. The summed E-state index contributed by atoms with van der Waals surface area (Å²) in [6.45, 7) is 0. The molecule has 3 nitrogen and oxygen atoms in total. The van der Waals surface area contributed by atoms with Crippen LogP contribution in [-0.2, 0) is 12.0 Å². The van der Waals surface area contributed by atoms with Crippen LogP contribution in [0.25, 0.3) is 0 Å². The van der Waals surface area contributed by atoms with E-state index in [4.69, 9.17) is 27.9 Å². The summed E-state index contributed by atoms with van der Waals surface area (Å²) in [5.41, 5.74) is -2.24. The van der Waals surface area contributed by atoms with Gasteiger partial charge in [-0.3, -0.25) is 4.79 Å². The molecule has 1 aliphatic heterocycles. The summed E-state index contributed by atoms with van der Waals surface area (Å²) < 4.78 is 47.7. The fourth-order valence-corrected chi connectivity index (χ4v) is 3.57. The normalized spacial score (nSPS) is 18.8. The molecule has 8 heteroatoms. The Bertz CT molecular complexity index is 937. The third kappa shape index (κ3) is 3.84. The van der Waals surface area contributed by atoms with Crippen LogP contribution in [0, 0.1) is 0 Å². The van der Waals surface area contributed by atoms with Crippen molar-refractivity contribution in [2.24, 2.45) is 0 Å². The number of hydrogen-bond acceptors (Lipinski definition) is 3. The lowest BCUT2D eigenvalue weighted by Crippen LogP contribution is -2.46. The first-order valence-corrected chi connectivity index (χ1v) is 9.02. The highest BCUT2D eigenvalue weighted by Crippen LogP contribution is 2.51. The van der Waals surface area contributed by atoms with Crippen molar-refractivity contribution in [2.45, 2.75) is 18.2 Å². The minimum absolute atomic E-state index is 0.0709. The number of carbonyl (C=O) groups is 1. The van der Waals surface area contributed by atoms with Crippen LogP contribution in [0.3, 0.4) is 0 Å². The standard InChI is InChI=1S/C20H16Cl2F3NO2/c1-26(2)6-5-17(27)12-3-4-18-13(7-12)11-19(28-18,20(23,24)25)14-8-15(21)10-16(22)9-14/h3-10H,11H2,1-2H3. The van der Waals surface area contributed by atoms with E-state index >= 15 is 0 Å². The number of nitrogens with zero attached hydrogens (tertiary/aromatic N) is 1. The summed E-state index contributed by atoms with van der Waals surface area (Å²) in [7, 11) is 3.52. The van der Waals surface area contributed by atoms with Crippen LogP contribution < -0.4 is 4.74 Å². The van der Waals surface area contributed by atoms with Crippen molar-refractivity contribution in [1.29, 1.82) is 0 Å². The molecule has 3 rings (SSSR count). The monoisotopic (exact) mass is 429 g/mol. The van der Waals surface area contributed by atoms with Gasteiger partial charge in [0.25, 0.3) is 0 Å². The van der Waals surface area contributed by atoms with Gasteiger partial charge in [0, 0.05) is 54.0 Å². The SMILES string of the molecule is CN(C)C=CC(=O)c1ccc2c(c1)CC(c1cc(Cl)cc(Cl)c1)(C(F)(F)F)O2. The Labute approximate surface area is 170 Å². The van der Waals surface area contributed by atoms with Crippen molar-refractivity contribution in [2.75, 3.05) is 14.1 Å². The summed E-state index contributed by atoms with van der Waals surface area (Å²) >= 11 is 11.8. The van der Waals surface area contributed by atoms with Gasteiger partial charge in [-0.1, -0.05) is 23.2 Å². The second-order valence-corrected chi connectivity index (χ2v) is 7.60. The van der Waals surface area contributed by atoms with E-state index in [9.17, 15) is 18.0 Å². The predicted molar refractivity (Wildman–Crippen MR) is 102 cm³/mol. The average molecular weight is 430 g/mol. The smallest absolute Gasteiger partial charge is 0.432 e. The number of ether oxygens (including phenoxy) is 1. The van der Waals surface area contributed by atoms with Gasteiger partial charge in [-0.2, -0.15) is 13.2 Å². The molecule has 1 atom stereocenters. The highest BCUT2D eigenvalue weighted by molar-refractivity contribution is 6.34. The summed E-state index contributed by atoms with van der Waals surface area (Å²) in [6, 6.07) is 7.99. The summed E-state index contributed by atoms with van der Waals surface area (Å²) in [4.78, 5) is 13.9. The van der Waals surface area contributed by atoms with E-state index in [2.05, 4.69) is 0 Å². The molecule has 0 saturated carbocycles. The van der Waals surface area contributed by atoms with Crippen LogP contribution in [0.4, 0.5) is 13.2 Å². The fourth-order valence-electron chi connectivity index (χ4n) is 3.05. The van der Waals surface area contributed by atoms with E-state index in [1.165, 1.54) is 42.5 Å². The van der Waals surface area contributed by atoms with Gasteiger partial charge in [-0.05, 0) is 42.0 Å². The highest BCUT2D eigenvalue weighted by atomic mass is 35.5. The third-order valence-electron chi connectivity index (χ3n) is 4.38. The Kier molecular flexibility index (Phi) is 5.38. The van der Waals surface area contributed by atoms with Crippen LogP contribution >= 0.6 is 23.2 Å². The number of carbonyl (C=O) groups excluding carboxylic acids is 1. The quantitative estimate of drug-likeness (QED) is 0.464. The van der Waals surface area contributed by atoms with Crippen LogP contribution in [0.15, 0.2) is 48.7 Å². The molecule has 2 aromatic rings. The van der Waals surface area contributed by atoms with Gasteiger partial charge in [0.15, 0.2) is 5.78 Å². The van der Waals surface area contributed by atoms with Crippen molar-refractivity contribution >= 4 is 29.0 Å². The number of hydrogen-bond donors (Lipinski definition) is 0. The first-order chi connectivity index (χ1) is 13.0. The van der Waals surface area contributed by atoms with Crippen molar-refractivity contribution < 1.29 is 22.7 Å². The topological polar surface area (TPSA) is 29.5 Å². The van der Waals surface area contributed by atoms with E-state index in [1.54, 1.807) is 25.2 Å². The van der Waals surface area contributed by atoms with Gasteiger partial charge < -0.3 is 9.64 Å². The lowest BCUT2D eigenvalue weighted by atomic mass is 9.88. The van der Waals surface area contributed by atoms with Crippen LogP contribution in [0.1, 0.15) is 21.5 Å². The van der Waals surface area contributed by atoms with Gasteiger partial charge in [-0.15, -0.1) is 0 Å². The maximum Gasteiger partial charge on any atom is 0.432 e. The molecule has 0 saturated heterocycles. The number of fused-ring (bicyclic) bond motifs is 1. The Morgan fingerprint density at radius 2 is 1.79 bits per heavy atom. The molecular formula is C20H16Cl2F3NO2. The molecule has 28 heavy (non-hydrogen) atoms. The summed E-state index contributed by atoms with van der Waals surface area (Å²) in [6.07, 6.45) is -2.29. The molecule has 0 radical (unpaired) electrons. The molecule has 0 bridgehead atoms. The van der Waals surface area contributed by atoms with E-state index in [-0.39, 0.29) is 38.3 Å². The molecular weight excluding hydrogens is 414 g/mol. The Balaban J connectivity index is 2.03. The fraction of sp³-hybridized carbons (Fsp3) is 0.250. The van der Waals surface area contributed by atoms with E-state index < -0.39 is 18.2 Å². The Morgan fingerprint density at radius 1 is 1.14 bits per heavy atom. The van der Waals surface area contributed by atoms with Crippen LogP contribution in [0.5, 0.6) is 5.75 Å². The number of allylic oxidation sites excluding steroid dienone is 1. The Hall–Kier alpha value is -2.18. The largest absolute Gasteiger partial charge is 0.472 e. The molecule has 2 aromatic carbocycles. The van der Waals surface area contributed by atoms with Crippen molar-refractivity contribution in [3.63, 3.8) is 0 Å². The molecule has 0 N–H and O–H groups in total. The minimum Gasteiger partial charge on any atom is -0.472 e. The second-order valence-electron chi connectivity index (χ2n) is 6.73. The maximum atomic E-state index is 14.1. The number of ketones is 1. The number of rotatable bonds is 4. The number of benzene rings is 2. The molecule has 1 heterocycles. The molecule has 0 aromatic heterocycles. The molecule has 0 aliphatic carbocycles. The van der Waals surface area contributed by atoms with Crippen molar-refractivity contribution in [3.8, 4) is 5.75 Å². The van der Waals surface area contributed by atoms with Crippen LogP contribution in [-0.4, -0.2) is 31.0 Å². The van der Waals surface area contributed by atoms with Gasteiger partial charge in [0.05, 0.1) is 0 Å². The second kappa shape index (κ2) is 7.33. The molecule has 1 unspecified atom stereocenters. The van der Waals surface area contributed by atoms with E-state index in [0.717, 1.165) is 0 Å². The lowest BCUT2D eigenvalue weighted by molar-refractivity contribution is -0.248. The third-order valence-corrected chi connectivity index (χ3v) is 4.82. The highest BCUT2D eigenvalue weighted by Gasteiger charge is 2.61. The van der Waals surface area contributed by atoms with Gasteiger partial charge >= 0.3 is 6.18 Å². The molecule has 148 valence electrons. The van der Waals surface area contributed by atoms with E-state index in [0.29, 0.717) is 0 Å². The zero-order valence-corrected chi connectivity index (χ0v) is 16.5. The predicted octanol–water partition coefficient (Wildman–Crippen LogP) is 5.64. The van der Waals surface area contributed by atoms with Gasteiger partial charge in [0.2, 0.25) is 5.60 Å². The molecule has 0 amide bonds. The lowest BCUT2D eigenvalue weighted by Gasteiger charge is -2.31. The summed E-state index contributed by atoms with van der Waals surface area (Å²) in [5, 5.41) is 0.158. The number of halogens is 5. The maximum absolute atomic E-state index is 14.1. The Morgan fingerprint density at radius 3 is 2.36 bits per heavy atom. The van der Waals surface area contributed by atoms with Crippen LogP contribution in [0.2, 0.25) is 10.0 Å². The zero-order chi connectivity index (χ0) is 20.7. The summed E-state index contributed by atoms with van der Waals surface area (Å²) in [5.74, 6) is -0.242. The van der Waals surface area contributed by atoms with Gasteiger partial charge in [0.1, 0.15) is 5.75 Å². The van der Waals surface area contributed by atoms with Crippen molar-refractivity contribution in [1.82, 2.24) is 4.90 Å². The first kappa shape index (κ1) is 20.6. The molecule has 0 fully saturated rings.